The Balaban J connectivity index is 2.91. The second-order valence-electron chi connectivity index (χ2n) is 5.36. The average Bonchev–Trinajstić information content (AvgIpc) is 2.36. The number of rotatable bonds is 5. The number of para-hydroxylation sites is 2. The first kappa shape index (κ1) is 17.3. The molecule has 0 aliphatic rings. The number of carbonyl (C=O) groups is 1. The molecule has 1 atom stereocenters. The van der Waals surface area contributed by atoms with Gasteiger partial charge in [-0.3, -0.25) is 4.79 Å². The van der Waals surface area contributed by atoms with Gasteiger partial charge in [-0.15, -0.1) is 0 Å². The van der Waals surface area contributed by atoms with Gasteiger partial charge in [0.2, 0.25) is 0 Å². The van der Waals surface area contributed by atoms with E-state index in [-0.39, 0.29) is 11.6 Å². The number of alkyl halides is 3. The summed E-state index contributed by atoms with van der Waals surface area (Å²) in [6.45, 7) is 4.87. The monoisotopic (exact) mass is 304 g/mol. The lowest BCUT2D eigenvalue weighted by Gasteiger charge is -2.26. The smallest absolute Gasteiger partial charge is 0.415 e. The lowest BCUT2D eigenvalue weighted by atomic mass is 10.0. The first-order chi connectivity index (χ1) is 9.55. The topological polar surface area (TPSA) is 64.3 Å². The molecule has 1 amide bonds. The maximum absolute atomic E-state index is 12.7. The van der Waals surface area contributed by atoms with Gasteiger partial charge in [0.05, 0.1) is 12.3 Å². The molecule has 0 spiro atoms. The van der Waals surface area contributed by atoms with E-state index in [2.05, 4.69) is 5.32 Å². The fourth-order valence-corrected chi connectivity index (χ4v) is 1.33. The number of hydrogen-bond donors (Lipinski definition) is 2. The van der Waals surface area contributed by atoms with E-state index in [4.69, 9.17) is 10.5 Å². The van der Waals surface area contributed by atoms with Crippen LogP contribution in [0.25, 0.3) is 0 Å². The van der Waals surface area contributed by atoms with Gasteiger partial charge in [0.25, 0.3) is 5.91 Å². The van der Waals surface area contributed by atoms with Crippen molar-refractivity contribution < 1.29 is 22.7 Å². The highest BCUT2D eigenvalue weighted by atomic mass is 19.4. The van der Waals surface area contributed by atoms with Crippen molar-refractivity contribution in [2.45, 2.75) is 32.5 Å². The van der Waals surface area contributed by atoms with Crippen molar-refractivity contribution in [2.24, 2.45) is 11.7 Å². The van der Waals surface area contributed by atoms with Gasteiger partial charge in [0.15, 0.2) is 5.54 Å². The maximum Gasteiger partial charge on any atom is 0.415 e. The van der Waals surface area contributed by atoms with Gasteiger partial charge >= 0.3 is 6.18 Å². The maximum atomic E-state index is 12.7. The molecule has 0 saturated carbocycles. The predicted molar refractivity (Wildman–Crippen MR) is 74.1 cm³/mol. The van der Waals surface area contributed by atoms with Crippen molar-refractivity contribution in [3.63, 3.8) is 0 Å². The Kier molecular flexibility index (Phi) is 5.22. The van der Waals surface area contributed by atoms with Crippen LogP contribution in [0.1, 0.15) is 20.8 Å². The summed E-state index contributed by atoms with van der Waals surface area (Å²) in [6, 6.07) is 6.27. The summed E-state index contributed by atoms with van der Waals surface area (Å²) in [7, 11) is 0. The van der Waals surface area contributed by atoms with Crippen molar-refractivity contribution in [1.82, 2.24) is 0 Å². The van der Waals surface area contributed by atoms with Gasteiger partial charge in [-0.05, 0) is 25.0 Å². The zero-order chi connectivity index (χ0) is 16.3. The summed E-state index contributed by atoms with van der Waals surface area (Å²) in [5.41, 5.74) is 2.26. The second kappa shape index (κ2) is 6.34. The minimum atomic E-state index is -4.84. The van der Waals surface area contributed by atoms with E-state index >= 15 is 0 Å². The summed E-state index contributed by atoms with van der Waals surface area (Å²) in [5.74, 6) is -0.795. The van der Waals surface area contributed by atoms with E-state index < -0.39 is 17.6 Å². The molecule has 0 fully saturated rings. The fourth-order valence-electron chi connectivity index (χ4n) is 1.33. The lowest BCUT2D eigenvalue weighted by molar-refractivity contribution is -0.184. The van der Waals surface area contributed by atoms with Crippen LogP contribution in [-0.4, -0.2) is 24.2 Å². The van der Waals surface area contributed by atoms with Gasteiger partial charge in [-0.1, -0.05) is 26.0 Å². The van der Waals surface area contributed by atoms with Gasteiger partial charge in [0, 0.05) is 0 Å². The van der Waals surface area contributed by atoms with Crippen LogP contribution in [-0.2, 0) is 4.79 Å². The van der Waals surface area contributed by atoms with Crippen LogP contribution < -0.4 is 15.8 Å². The molecule has 7 heteroatoms. The highest BCUT2D eigenvalue weighted by Crippen LogP contribution is 2.31. The molecule has 21 heavy (non-hydrogen) atoms. The van der Waals surface area contributed by atoms with E-state index in [0.29, 0.717) is 19.3 Å². The summed E-state index contributed by atoms with van der Waals surface area (Å²) in [4.78, 5) is 11.8. The molecule has 0 bridgehead atoms. The predicted octanol–water partition coefficient (Wildman–Crippen LogP) is 2.94. The van der Waals surface area contributed by atoms with Crippen molar-refractivity contribution in [1.29, 1.82) is 0 Å². The van der Waals surface area contributed by atoms with Crippen molar-refractivity contribution in [3.8, 4) is 5.75 Å². The normalized spacial score (nSPS) is 14.7. The second-order valence-corrected chi connectivity index (χ2v) is 5.36. The minimum absolute atomic E-state index is 0.157. The van der Waals surface area contributed by atoms with E-state index in [1.807, 2.05) is 13.8 Å². The first-order valence-corrected chi connectivity index (χ1v) is 6.44. The molecule has 0 heterocycles. The SMILES string of the molecule is CC(C)COc1ccccc1NC(=O)C(C)(N)C(F)(F)F. The Morgan fingerprint density at radius 2 is 1.90 bits per heavy atom. The molecule has 4 nitrogen and oxygen atoms in total. The van der Waals surface area contributed by atoms with E-state index in [9.17, 15) is 18.0 Å². The molecule has 1 aromatic carbocycles. The zero-order valence-electron chi connectivity index (χ0n) is 12.1. The molecule has 1 unspecified atom stereocenters. The Bertz CT molecular complexity index is 499. The molecule has 0 saturated heterocycles. The van der Waals surface area contributed by atoms with Crippen LogP contribution in [0.5, 0.6) is 5.75 Å². The van der Waals surface area contributed by atoms with Crippen LogP contribution in [0.2, 0.25) is 0 Å². The number of benzene rings is 1. The fraction of sp³-hybridized carbons (Fsp3) is 0.500. The number of nitrogens with one attached hydrogen (secondary N) is 1. The number of anilines is 1. The van der Waals surface area contributed by atoms with Crippen LogP contribution in [0, 0.1) is 5.92 Å². The molecule has 0 aromatic heterocycles. The van der Waals surface area contributed by atoms with Crippen molar-refractivity contribution >= 4 is 11.6 Å². The molecule has 3 N–H and O–H groups in total. The Morgan fingerprint density at radius 3 is 2.43 bits per heavy atom. The van der Waals surface area contributed by atoms with Gasteiger partial charge in [-0.25, -0.2) is 0 Å². The molecule has 1 aromatic rings. The lowest BCUT2D eigenvalue weighted by Crippen LogP contribution is -2.59. The van der Waals surface area contributed by atoms with Crippen LogP contribution >= 0.6 is 0 Å². The molecule has 1 rings (SSSR count). The number of hydrogen-bond acceptors (Lipinski definition) is 3. The number of halogens is 3. The third kappa shape index (κ3) is 4.35. The average molecular weight is 304 g/mol. The summed E-state index contributed by atoms with van der Waals surface area (Å²) < 4.78 is 43.6. The van der Waals surface area contributed by atoms with Crippen LogP contribution in [0.4, 0.5) is 18.9 Å². The van der Waals surface area contributed by atoms with Gasteiger partial charge in [0.1, 0.15) is 5.75 Å². The molecule has 0 aliphatic carbocycles. The first-order valence-electron chi connectivity index (χ1n) is 6.44. The quantitative estimate of drug-likeness (QED) is 0.879. The summed E-state index contributed by atoms with van der Waals surface area (Å²) in [5, 5.41) is 2.17. The van der Waals surface area contributed by atoms with Gasteiger partial charge < -0.3 is 15.8 Å². The van der Waals surface area contributed by atoms with Crippen molar-refractivity contribution in [3.05, 3.63) is 24.3 Å². The molecule has 0 radical (unpaired) electrons. The standard InChI is InChI=1S/C14H19F3N2O2/c1-9(2)8-21-11-7-5-4-6-10(11)19-12(20)13(3,18)14(15,16)17/h4-7,9H,8,18H2,1-3H3,(H,19,20). The summed E-state index contributed by atoms with van der Waals surface area (Å²) >= 11 is 0. The minimum Gasteiger partial charge on any atom is -0.491 e. The molecule has 118 valence electrons. The number of carbonyl (C=O) groups excluding carboxylic acids is 1. The van der Waals surface area contributed by atoms with E-state index in [1.54, 1.807) is 18.2 Å². The van der Waals surface area contributed by atoms with Gasteiger partial charge in [-0.2, -0.15) is 13.2 Å². The van der Waals surface area contributed by atoms with Crippen LogP contribution in [0.3, 0.4) is 0 Å². The zero-order valence-corrected chi connectivity index (χ0v) is 12.1. The Labute approximate surface area is 121 Å². The molecular weight excluding hydrogens is 285 g/mol. The van der Waals surface area contributed by atoms with Crippen molar-refractivity contribution in [2.75, 3.05) is 11.9 Å². The Hall–Kier alpha value is -1.76. The largest absolute Gasteiger partial charge is 0.491 e. The molecule has 0 aliphatic heterocycles. The third-order valence-electron chi connectivity index (χ3n) is 2.77. The van der Waals surface area contributed by atoms with E-state index in [1.165, 1.54) is 6.07 Å². The highest BCUT2D eigenvalue weighted by molar-refractivity contribution is 5.99. The number of ether oxygens (including phenoxy) is 1. The highest BCUT2D eigenvalue weighted by Gasteiger charge is 2.54. The number of nitrogens with two attached hydrogens (primary N) is 1. The van der Waals surface area contributed by atoms with E-state index in [0.717, 1.165) is 0 Å². The summed E-state index contributed by atoms with van der Waals surface area (Å²) in [6.07, 6.45) is -4.84. The Morgan fingerprint density at radius 1 is 1.33 bits per heavy atom. The number of amides is 1. The third-order valence-corrected chi connectivity index (χ3v) is 2.77. The molecular formula is C14H19F3N2O2. The van der Waals surface area contributed by atoms with Crippen LogP contribution in [0.15, 0.2) is 24.3 Å².